The van der Waals surface area contributed by atoms with Crippen molar-refractivity contribution in [3.63, 3.8) is 0 Å². The van der Waals surface area contributed by atoms with Crippen molar-refractivity contribution in [2.75, 3.05) is 37.6 Å². The summed E-state index contributed by atoms with van der Waals surface area (Å²) in [5.74, 6) is 0.0667. The summed E-state index contributed by atoms with van der Waals surface area (Å²) in [4.78, 5) is 40.6. The second-order valence-electron chi connectivity index (χ2n) is 9.71. The van der Waals surface area contributed by atoms with Crippen LogP contribution in [0.15, 0.2) is 73.2 Å². The minimum atomic E-state index is -0.286. The Morgan fingerprint density at radius 2 is 1.68 bits per heavy atom. The fourth-order valence-electron chi connectivity index (χ4n) is 5.28. The maximum Gasteiger partial charge on any atom is 0.410 e. The number of hydrogen-bond acceptors (Lipinski definition) is 6. The highest BCUT2D eigenvalue weighted by atomic mass is 16.6. The van der Waals surface area contributed by atoms with Crippen molar-refractivity contribution in [2.24, 2.45) is 0 Å². The number of amides is 2. The lowest BCUT2D eigenvalue weighted by Crippen LogP contribution is -2.50. The molecule has 0 atom stereocenters. The second kappa shape index (κ2) is 10.5. The number of hydrogen-bond donors (Lipinski definition) is 0. The number of imidazole rings is 1. The maximum absolute atomic E-state index is 13.0. The molecular formula is C29H30N6O3. The minimum Gasteiger partial charge on any atom is -0.445 e. The number of pyridine rings is 1. The Labute approximate surface area is 221 Å². The zero-order chi connectivity index (χ0) is 25.9. The summed E-state index contributed by atoms with van der Waals surface area (Å²) < 4.78 is 7.41. The van der Waals surface area contributed by atoms with E-state index in [1.165, 1.54) is 11.1 Å². The molecule has 0 radical (unpaired) electrons. The van der Waals surface area contributed by atoms with Crippen LogP contribution >= 0.6 is 0 Å². The van der Waals surface area contributed by atoms with Gasteiger partial charge in [-0.3, -0.25) is 4.79 Å². The molecule has 0 aliphatic carbocycles. The van der Waals surface area contributed by atoms with Crippen molar-refractivity contribution in [1.29, 1.82) is 0 Å². The molecule has 1 fully saturated rings. The van der Waals surface area contributed by atoms with Gasteiger partial charge >= 0.3 is 6.09 Å². The summed E-state index contributed by atoms with van der Waals surface area (Å²) in [5.41, 5.74) is 6.07. The Kier molecular flexibility index (Phi) is 6.64. The molecule has 2 aliphatic heterocycles. The molecule has 1 saturated heterocycles. The molecule has 6 rings (SSSR count). The molecule has 0 spiro atoms. The van der Waals surface area contributed by atoms with Gasteiger partial charge in [-0.2, -0.15) is 0 Å². The first-order chi connectivity index (χ1) is 18.7. The van der Waals surface area contributed by atoms with Gasteiger partial charge in [-0.25, -0.2) is 14.8 Å². The highest BCUT2D eigenvalue weighted by molar-refractivity contribution is 5.79. The largest absolute Gasteiger partial charge is 0.445 e. The van der Waals surface area contributed by atoms with E-state index in [2.05, 4.69) is 33.1 Å². The summed E-state index contributed by atoms with van der Waals surface area (Å²) in [6.07, 6.45) is 3.91. The number of carbonyl (C=O) groups is 2. The van der Waals surface area contributed by atoms with Crippen LogP contribution in [0.2, 0.25) is 0 Å². The SMILES string of the molecule is O=C(Cn1cnc2cccnc21)N1CCN(c2cccc3c2CN(C(=O)OCc2ccccc2)CC3)CC1. The maximum atomic E-state index is 13.0. The van der Waals surface area contributed by atoms with Crippen LogP contribution in [-0.2, 0) is 35.6 Å². The summed E-state index contributed by atoms with van der Waals surface area (Å²) in [6.45, 7) is 4.44. The molecule has 2 aromatic heterocycles. The van der Waals surface area contributed by atoms with Crippen molar-refractivity contribution < 1.29 is 14.3 Å². The average Bonchev–Trinajstić information content (AvgIpc) is 3.38. The zero-order valence-corrected chi connectivity index (χ0v) is 21.2. The van der Waals surface area contributed by atoms with Gasteiger partial charge in [0.25, 0.3) is 0 Å². The van der Waals surface area contributed by atoms with Gasteiger partial charge in [0.2, 0.25) is 5.91 Å². The van der Waals surface area contributed by atoms with Crippen molar-refractivity contribution in [2.45, 2.75) is 26.1 Å². The average molecular weight is 511 g/mol. The molecule has 2 aromatic carbocycles. The lowest BCUT2D eigenvalue weighted by molar-refractivity contribution is -0.132. The van der Waals surface area contributed by atoms with Gasteiger partial charge in [-0.05, 0) is 41.3 Å². The lowest BCUT2D eigenvalue weighted by Gasteiger charge is -2.39. The smallest absolute Gasteiger partial charge is 0.410 e. The van der Waals surface area contributed by atoms with Crippen LogP contribution in [0, 0.1) is 0 Å². The van der Waals surface area contributed by atoms with Gasteiger partial charge in [0, 0.05) is 44.6 Å². The fourth-order valence-corrected chi connectivity index (χ4v) is 5.28. The van der Waals surface area contributed by atoms with E-state index >= 15 is 0 Å². The Morgan fingerprint density at radius 3 is 2.53 bits per heavy atom. The molecule has 4 heterocycles. The summed E-state index contributed by atoms with van der Waals surface area (Å²) in [5, 5.41) is 0. The summed E-state index contributed by atoms with van der Waals surface area (Å²) >= 11 is 0. The van der Waals surface area contributed by atoms with Gasteiger partial charge < -0.3 is 24.0 Å². The molecule has 38 heavy (non-hydrogen) atoms. The predicted molar refractivity (Wildman–Crippen MR) is 144 cm³/mol. The van der Waals surface area contributed by atoms with Crippen LogP contribution in [0.1, 0.15) is 16.7 Å². The third kappa shape index (κ3) is 4.91. The summed E-state index contributed by atoms with van der Waals surface area (Å²) in [7, 11) is 0. The van der Waals surface area contributed by atoms with Gasteiger partial charge in [-0.1, -0.05) is 42.5 Å². The molecule has 0 N–H and O–H groups in total. The molecular weight excluding hydrogens is 480 g/mol. The van der Waals surface area contributed by atoms with Crippen LogP contribution in [0.25, 0.3) is 11.2 Å². The van der Waals surface area contributed by atoms with E-state index in [1.54, 1.807) is 17.4 Å². The number of carbonyl (C=O) groups excluding carboxylic acids is 2. The molecule has 2 amide bonds. The van der Waals surface area contributed by atoms with Gasteiger partial charge in [0.1, 0.15) is 18.7 Å². The fraction of sp³-hybridized carbons (Fsp3) is 0.310. The first kappa shape index (κ1) is 24.0. The number of nitrogens with zero attached hydrogens (tertiary/aromatic N) is 6. The Hall–Kier alpha value is -4.40. The lowest BCUT2D eigenvalue weighted by atomic mass is 9.97. The highest BCUT2D eigenvalue weighted by Crippen LogP contribution is 2.30. The molecule has 0 unspecified atom stereocenters. The van der Waals surface area contributed by atoms with Crippen molar-refractivity contribution >= 4 is 28.9 Å². The third-order valence-electron chi connectivity index (χ3n) is 7.36. The molecule has 9 nitrogen and oxygen atoms in total. The minimum absolute atomic E-state index is 0.0667. The molecule has 9 heteroatoms. The normalized spacial score (nSPS) is 15.4. The number of anilines is 1. The van der Waals surface area contributed by atoms with E-state index in [1.807, 2.05) is 51.9 Å². The van der Waals surface area contributed by atoms with Crippen molar-refractivity contribution in [3.05, 3.63) is 89.9 Å². The van der Waals surface area contributed by atoms with Crippen LogP contribution in [0.4, 0.5) is 10.5 Å². The topological polar surface area (TPSA) is 83.8 Å². The molecule has 4 aromatic rings. The first-order valence-electron chi connectivity index (χ1n) is 13.0. The number of fused-ring (bicyclic) bond motifs is 2. The van der Waals surface area contributed by atoms with Crippen molar-refractivity contribution in [1.82, 2.24) is 24.3 Å². The molecule has 2 aliphatic rings. The molecule has 0 saturated carbocycles. The number of aromatic nitrogens is 3. The molecule has 194 valence electrons. The number of benzene rings is 2. The van der Waals surface area contributed by atoms with E-state index < -0.39 is 0 Å². The molecule has 0 bridgehead atoms. The second-order valence-corrected chi connectivity index (χ2v) is 9.71. The van der Waals surface area contributed by atoms with Gasteiger partial charge in [0.05, 0.1) is 12.9 Å². The monoisotopic (exact) mass is 510 g/mol. The van der Waals surface area contributed by atoms with Crippen LogP contribution in [-0.4, -0.2) is 69.1 Å². The highest BCUT2D eigenvalue weighted by Gasteiger charge is 2.28. The van der Waals surface area contributed by atoms with E-state index in [0.29, 0.717) is 26.2 Å². The predicted octanol–water partition coefficient (Wildman–Crippen LogP) is 3.48. The van der Waals surface area contributed by atoms with Gasteiger partial charge in [0.15, 0.2) is 5.65 Å². The standard InChI is InChI=1S/C29H30N6O3/c36-27(19-35-21-31-25-9-5-12-30-28(25)35)33-16-14-32(15-17-33)26-10-4-8-23-11-13-34(18-24(23)26)29(37)38-20-22-6-2-1-3-7-22/h1-10,12,21H,11,13-20H2. The van der Waals surface area contributed by atoms with E-state index in [-0.39, 0.29) is 25.2 Å². The van der Waals surface area contributed by atoms with E-state index in [4.69, 9.17) is 4.74 Å². The van der Waals surface area contributed by atoms with Crippen molar-refractivity contribution in [3.8, 4) is 0 Å². The number of piperazine rings is 1. The van der Waals surface area contributed by atoms with Gasteiger partial charge in [-0.15, -0.1) is 0 Å². The summed E-state index contributed by atoms with van der Waals surface area (Å²) in [6, 6.07) is 19.8. The number of rotatable bonds is 5. The van der Waals surface area contributed by atoms with Crippen LogP contribution < -0.4 is 4.90 Å². The first-order valence-corrected chi connectivity index (χ1v) is 13.0. The number of ether oxygens (including phenoxy) is 1. The Bertz CT molecular complexity index is 1450. The Morgan fingerprint density at radius 1 is 0.842 bits per heavy atom. The quantitative estimate of drug-likeness (QED) is 0.409. The van der Waals surface area contributed by atoms with E-state index in [0.717, 1.165) is 41.9 Å². The Balaban J connectivity index is 1.08. The third-order valence-corrected chi connectivity index (χ3v) is 7.36. The van der Waals surface area contributed by atoms with Crippen LogP contribution in [0.3, 0.4) is 0 Å². The van der Waals surface area contributed by atoms with Crippen LogP contribution in [0.5, 0.6) is 0 Å². The van der Waals surface area contributed by atoms with E-state index in [9.17, 15) is 9.59 Å². The zero-order valence-electron chi connectivity index (χ0n) is 21.2.